The van der Waals surface area contributed by atoms with E-state index in [1.165, 1.54) is 16.7 Å². The second-order valence-electron chi connectivity index (χ2n) is 4.05. The fraction of sp³-hybridized carbons (Fsp3) is 0.154. The minimum Gasteiger partial charge on any atom is -0.494 e. The molecule has 0 spiro atoms. The molecular weight excluding hydrogens is 273 g/mol. The fourth-order valence-corrected chi connectivity index (χ4v) is 2.20. The lowest BCUT2D eigenvalue weighted by Gasteiger charge is -2.12. The summed E-state index contributed by atoms with van der Waals surface area (Å²) in [5.41, 5.74) is 1.42. The molecule has 0 aliphatic heterocycles. The van der Waals surface area contributed by atoms with E-state index in [0.717, 1.165) is 5.56 Å². The van der Waals surface area contributed by atoms with Crippen LogP contribution in [0.5, 0.6) is 5.88 Å². The van der Waals surface area contributed by atoms with E-state index in [-0.39, 0.29) is 11.4 Å². The number of benzene rings is 1. The number of rotatable bonds is 1. The average molecular weight is 284 g/mol. The molecule has 94 valence electrons. The Kier molecular flexibility index (Phi) is 3.37. The number of aryl methyl sites for hydroxylation is 1. The Morgan fingerprint density at radius 1 is 1.17 bits per heavy atom. The largest absolute Gasteiger partial charge is 0.494 e. The van der Waals surface area contributed by atoms with Crippen LogP contribution in [-0.4, -0.2) is 9.67 Å². The third kappa shape index (κ3) is 2.11. The molecular formula is C13H11Cl2NO2. The summed E-state index contributed by atoms with van der Waals surface area (Å²) in [6.45, 7) is 3.47. The van der Waals surface area contributed by atoms with Gasteiger partial charge in [0.25, 0.3) is 5.56 Å². The van der Waals surface area contributed by atoms with Crippen LogP contribution in [-0.2, 0) is 0 Å². The number of hydrogen-bond acceptors (Lipinski definition) is 2. The second-order valence-corrected chi connectivity index (χ2v) is 4.89. The molecule has 0 unspecified atom stereocenters. The Morgan fingerprint density at radius 2 is 1.83 bits per heavy atom. The Balaban J connectivity index is 2.80. The van der Waals surface area contributed by atoms with E-state index in [2.05, 4.69) is 0 Å². The van der Waals surface area contributed by atoms with Crippen molar-refractivity contribution in [2.24, 2.45) is 0 Å². The van der Waals surface area contributed by atoms with Crippen LogP contribution < -0.4 is 5.56 Å². The topological polar surface area (TPSA) is 42.2 Å². The second kappa shape index (κ2) is 4.67. The molecule has 0 aliphatic carbocycles. The van der Waals surface area contributed by atoms with Crippen molar-refractivity contribution in [3.05, 3.63) is 55.8 Å². The summed E-state index contributed by atoms with van der Waals surface area (Å²) < 4.78 is 1.17. The summed E-state index contributed by atoms with van der Waals surface area (Å²) in [7, 11) is 0. The number of hydrogen-bond donors (Lipinski definition) is 1. The monoisotopic (exact) mass is 283 g/mol. The molecule has 0 radical (unpaired) electrons. The van der Waals surface area contributed by atoms with Gasteiger partial charge in [0.1, 0.15) is 0 Å². The Bertz CT molecular complexity index is 677. The van der Waals surface area contributed by atoms with Crippen molar-refractivity contribution in [3.8, 4) is 11.6 Å². The lowest BCUT2D eigenvalue weighted by atomic mass is 10.1. The Hall–Kier alpha value is -1.45. The number of halogens is 2. The first-order valence-corrected chi connectivity index (χ1v) is 6.05. The molecule has 1 aromatic carbocycles. The van der Waals surface area contributed by atoms with Crippen molar-refractivity contribution in [1.82, 2.24) is 4.57 Å². The van der Waals surface area contributed by atoms with Gasteiger partial charge in [-0.1, -0.05) is 23.2 Å². The van der Waals surface area contributed by atoms with Crippen molar-refractivity contribution in [3.63, 3.8) is 0 Å². The van der Waals surface area contributed by atoms with E-state index in [1.54, 1.807) is 26.0 Å². The average Bonchev–Trinajstić information content (AvgIpc) is 2.29. The Labute approximate surface area is 114 Å². The predicted molar refractivity (Wildman–Crippen MR) is 73.2 cm³/mol. The van der Waals surface area contributed by atoms with Crippen molar-refractivity contribution < 1.29 is 5.11 Å². The highest BCUT2D eigenvalue weighted by Crippen LogP contribution is 2.26. The van der Waals surface area contributed by atoms with E-state index < -0.39 is 0 Å². The summed E-state index contributed by atoms with van der Waals surface area (Å²) >= 11 is 11.9. The highest BCUT2D eigenvalue weighted by atomic mass is 35.5. The molecule has 1 aromatic heterocycles. The van der Waals surface area contributed by atoms with Gasteiger partial charge in [0.2, 0.25) is 0 Å². The molecule has 0 saturated heterocycles. The first-order valence-electron chi connectivity index (χ1n) is 5.29. The van der Waals surface area contributed by atoms with E-state index in [0.29, 0.717) is 21.3 Å². The normalized spacial score (nSPS) is 10.7. The molecule has 2 rings (SSSR count). The maximum atomic E-state index is 12.2. The first kappa shape index (κ1) is 13.0. The zero-order chi connectivity index (χ0) is 13.4. The molecule has 3 nitrogen and oxygen atoms in total. The van der Waals surface area contributed by atoms with E-state index >= 15 is 0 Å². The van der Waals surface area contributed by atoms with Gasteiger partial charge in [0.05, 0.1) is 10.7 Å². The molecule has 0 aliphatic rings. The van der Waals surface area contributed by atoms with Gasteiger partial charge in [-0.3, -0.25) is 4.79 Å². The quantitative estimate of drug-likeness (QED) is 0.871. The van der Waals surface area contributed by atoms with Gasteiger partial charge >= 0.3 is 0 Å². The van der Waals surface area contributed by atoms with Crippen LogP contribution in [0.3, 0.4) is 0 Å². The van der Waals surface area contributed by atoms with Crippen LogP contribution in [0.1, 0.15) is 11.1 Å². The van der Waals surface area contributed by atoms with Crippen LogP contribution >= 0.6 is 23.2 Å². The highest BCUT2D eigenvalue weighted by Gasteiger charge is 2.13. The fourth-order valence-electron chi connectivity index (χ4n) is 1.70. The summed E-state index contributed by atoms with van der Waals surface area (Å²) in [5, 5.41) is 10.7. The molecule has 1 heterocycles. The van der Waals surface area contributed by atoms with Gasteiger partial charge in [0, 0.05) is 16.7 Å². The van der Waals surface area contributed by atoms with Crippen LogP contribution in [0.25, 0.3) is 5.69 Å². The van der Waals surface area contributed by atoms with Gasteiger partial charge in [0.15, 0.2) is 5.88 Å². The molecule has 0 fully saturated rings. The van der Waals surface area contributed by atoms with E-state index in [9.17, 15) is 9.90 Å². The standard InChI is InChI=1S/C13H11Cl2NO2/c1-7-5-12(17)16(13(18)8(7)2)11-4-3-9(14)6-10(11)15/h3-6,17H,1-2H3. The third-order valence-corrected chi connectivity index (χ3v) is 3.38. The van der Waals surface area contributed by atoms with Gasteiger partial charge in [-0.25, -0.2) is 4.57 Å². The van der Waals surface area contributed by atoms with Gasteiger partial charge in [-0.15, -0.1) is 0 Å². The third-order valence-electron chi connectivity index (χ3n) is 2.84. The zero-order valence-corrected chi connectivity index (χ0v) is 11.4. The minimum atomic E-state index is -0.295. The van der Waals surface area contributed by atoms with Crippen LogP contribution in [0, 0.1) is 13.8 Å². The summed E-state index contributed by atoms with van der Waals surface area (Å²) in [6.07, 6.45) is 0. The van der Waals surface area contributed by atoms with Crippen LogP contribution in [0.2, 0.25) is 10.0 Å². The molecule has 18 heavy (non-hydrogen) atoms. The maximum Gasteiger partial charge on any atom is 0.261 e. The SMILES string of the molecule is Cc1cc(O)n(-c2ccc(Cl)cc2Cl)c(=O)c1C. The molecule has 0 bridgehead atoms. The summed E-state index contributed by atoms with van der Waals surface area (Å²) in [6, 6.07) is 6.27. The molecule has 2 aromatic rings. The van der Waals surface area contributed by atoms with Gasteiger partial charge in [-0.05, 0) is 37.6 Å². The van der Waals surface area contributed by atoms with Crippen LogP contribution in [0.15, 0.2) is 29.1 Å². The molecule has 0 amide bonds. The van der Waals surface area contributed by atoms with Crippen molar-refractivity contribution in [2.45, 2.75) is 13.8 Å². The maximum absolute atomic E-state index is 12.2. The molecule has 5 heteroatoms. The number of pyridine rings is 1. The summed E-state index contributed by atoms with van der Waals surface area (Å²) in [5.74, 6) is -0.146. The number of aromatic nitrogens is 1. The van der Waals surface area contributed by atoms with E-state index in [4.69, 9.17) is 23.2 Å². The van der Waals surface area contributed by atoms with Crippen LogP contribution in [0.4, 0.5) is 0 Å². The first-order chi connectivity index (χ1) is 8.41. The molecule has 0 saturated carbocycles. The lowest BCUT2D eigenvalue weighted by Crippen LogP contribution is -2.21. The van der Waals surface area contributed by atoms with Crippen molar-refractivity contribution in [1.29, 1.82) is 0 Å². The number of aromatic hydroxyl groups is 1. The van der Waals surface area contributed by atoms with Crippen molar-refractivity contribution in [2.75, 3.05) is 0 Å². The molecule has 1 N–H and O–H groups in total. The lowest BCUT2D eigenvalue weighted by molar-refractivity contribution is 0.434. The highest BCUT2D eigenvalue weighted by molar-refractivity contribution is 6.35. The van der Waals surface area contributed by atoms with Gasteiger partial charge in [-0.2, -0.15) is 0 Å². The minimum absolute atomic E-state index is 0.146. The number of nitrogens with zero attached hydrogens (tertiary/aromatic N) is 1. The summed E-state index contributed by atoms with van der Waals surface area (Å²) in [4.78, 5) is 12.2. The van der Waals surface area contributed by atoms with Gasteiger partial charge < -0.3 is 5.11 Å². The van der Waals surface area contributed by atoms with Crippen molar-refractivity contribution >= 4 is 23.2 Å². The predicted octanol–water partition coefficient (Wildman–Crippen LogP) is 3.47. The smallest absolute Gasteiger partial charge is 0.261 e. The Morgan fingerprint density at radius 3 is 2.44 bits per heavy atom. The zero-order valence-electron chi connectivity index (χ0n) is 9.87. The molecule has 0 atom stereocenters. The van der Waals surface area contributed by atoms with E-state index in [1.807, 2.05) is 0 Å².